The SMILES string of the molecule is COc1ccc(-c2ccc(OC)c3nc(C4CC4)nn23)cc1. The van der Waals surface area contributed by atoms with Crippen molar-refractivity contribution in [3.63, 3.8) is 0 Å². The van der Waals surface area contributed by atoms with Gasteiger partial charge in [-0.2, -0.15) is 5.10 Å². The average Bonchev–Trinajstić information content (AvgIpc) is 3.32. The van der Waals surface area contributed by atoms with E-state index in [9.17, 15) is 0 Å². The summed E-state index contributed by atoms with van der Waals surface area (Å²) in [5.41, 5.74) is 2.84. The Morgan fingerprint density at radius 1 is 1.00 bits per heavy atom. The largest absolute Gasteiger partial charge is 0.497 e. The molecule has 0 unspecified atom stereocenters. The minimum absolute atomic E-state index is 0.508. The topological polar surface area (TPSA) is 48.7 Å². The van der Waals surface area contributed by atoms with Gasteiger partial charge in [0.1, 0.15) is 5.75 Å². The molecule has 0 bridgehead atoms. The van der Waals surface area contributed by atoms with E-state index in [-0.39, 0.29) is 0 Å². The molecule has 3 aromatic rings. The number of fused-ring (bicyclic) bond motifs is 1. The van der Waals surface area contributed by atoms with Gasteiger partial charge in [0, 0.05) is 11.5 Å². The first-order valence-corrected chi connectivity index (χ1v) is 7.38. The highest BCUT2D eigenvalue weighted by atomic mass is 16.5. The number of hydrogen-bond donors (Lipinski definition) is 0. The van der Waals surface area contributed by atoms with E-state index in [0.717, 1.165) is 34.2 Å². The zero-order valence-electron chi connectivity index (χ0n) is 12.6. The smallest absolute Gasteiger partial charge is 0.198 e. The van der Waals surface area contributed by atoms with Gasteiger partial charge in [0.15, 0.2) is 17.2 Å². The molecule has 1 aliphatic rings. The molecule has 1 aliphatic carbocycles. The standard InChI is InChI=1S/C17H17N3O2/c1-21-13-7-5-11(6-8-13)14-9-10-15(22-2)17-18-16(12-3-4-12)19-20(14)17/h5-10,12H,3-4H2,1-2H3. The molecule has 0 N–H and O–H groups in total. The highest BCUT2D eigenvalue weighted by molar-refractivity contribution is 5.67. The van der Waals surface area contributed by atoms with Crippen molar-refractivity contribution in [2.45, 2.75) is 18.8 Å². The van der Waals surface area contributed by atoms with Gasteiger partial charge in [0.25, 0.3) is 0 Å². The second kappa shape index (κ2) is 5.02. The first-order chi connectivity index (χ1) is 10.8. The number of ether oxygens (including phenoxy) is 2. The molecule has 22 heavy (non-hydrogen) atoms. The third-order valence-electron chi connectivity index (χ3n) is 4.01. The van der Waals surface area contributed by atoms with Crippen LogP contribution in [0.3, 0.4) is 0 Å². The fraction of sp³-hybridized carbons (Fsp3) is 0.294. The van der Waals surface area contributed by atoms with Gasteiger partial charge in [-0.05, 0) is 49.2 Å². The van der Waals surface area contributed by atoms with Crippen molar-refractivity contribution in [3.8, 4) is 22.8 Å². The fourth-order valence-corrected chi connectivity index (χ4v) is 2.61. The van der Waals surface area contributed by atoms with Crippen LogP contribution in [0, 0.1) is 0 Å². The maximum atomic E-state index is 5.42. The Bertz CT molecular complexity index is 820. The highest BCUT2D eigenvalue weighted by Crippen LogP contribution is 2.39. The van der Waals surface area contributed by atoms with E-state index in [2.05, 4.69) is 4.98 Å². The molecule has 4 rings (SSSR count). The predicted octanol–water partition coefficient (Wildman–Crippen LogP) is 3.29. The summed E-state index contributed by atoms with van der Waals surface area (Å²) >= 11 is 0. The average molecular weight is 295 g/mol. The van der Waals surface area contributed by atoms with Crippen molar-refractivity contribution >= 4 is 5.65 Å². The molecule has 1 saturated carbocycles. The molecule has 0 saturated heterocycles. The van der Waals surface area contributed by atoms with Crippen molar-refractivity contribution < 1.29 is 9.47 Å². The monoisotopic (exact) mass is 295 g/mol. The van der Waals surface area contributed by atoms with Crippen molar-refractivity contribution in [1.29, 1.82) is 0 Å². The summed E-state index contributed by atoms with van der Waals surface area (Å²) < 4.78 is 12.5. The quantitative estimate of drug-likeness (QED) is 0.741. The number of methoxy groups -OCH3 is 2. The molecule has 1 aromatic carbocycles. The maximum Gasteiger partial charge on any atom is 0.198 e. The van der Waals surface area contributed by atoms with Crippen LogP contribution in [0.1, 0.15) is 24.6 Å². The molecule has 2 aromatic heterocycles. The summed E-state index contributed by atoms with van der Waals surface area (Å²) in [6, 6.07) is 11.9. The molecule has 5 nitrogen and oxygen atoms in total. The van der Waals surface area contributed by atoms with Gasteiger partial charge >= 0.3 is 0 Å². The van der Waals surface area contributed by atoms with Gasteiger partial charge in [-0.1, -0.05) is 0 Å². The van der Waals surface area contributed by atoms with Crippen molar-refractivity contribution in [1.82, 2.24) is 14.6 Å². The van der Waals surface area contributed by atoms with E-state index in [1.807, 2.05) is 40.9 Å². The van der Waals surface area contributed by atoms with Crippen molar-refractivity contribution in [3.05, 3.63) is 42.2 Å². The van der Waals surface area contributed by atoms with Gasteiger partial charge in [-0.3, -0.25) is 0 Å². The second-order valence-corrected chi connectivity index (χ2v) is 5.50. The van der Waals surface area contributed by atoms with E-state index in [0.29, 0.717) is 5.92 Å². The number of pyridine rings is 1. The van der Waals surface area contributed by atoms with Crippen LogP contribution in [0.25, 0.3) is 16.9 Å². The molecule has 0 aliphatic heterocycles. The van der Waals surface area contributed by atoms with Crippen LogP contribution in [0.5, 0.6) is 11.5 Å². The van der Waals surface area contributed by atoms with Crippen LogP contribution in [-0.4, -0.2) is 28.8 Å². The highest BCUT2D eigenvalue weighted by Gasteiger charge is 2.29. The molecule has 2 heterocycles. The molecular formula is C17H17N3O2. The van der Waals surface area contributed by atoms with Gasteiger partial charge in [-0.25, -0.2) is 9.50 Å². The van der Waals surface area contributed by atoms with E-state index in [4.69, 9.17) is 14.6 Å². The number of nitrogens with zero attached hydrogens (tertiary/aromatic N) is 3. The summed E-state index contributed by atoms with van der Waals surface area (Å²) in [6.45, 7) is 0. The minimum atomic E-state index is 0.508. The van der Waals surface area contributed by atoms with Crippen LogP contribution in [0.4, 0.5) is 0 Å². The van der Waals surface area contributed by atoms with E-state index >= 15 is 0 Å². The number of aromatic nitrogens is 3. The van der Waals surface area contributed by atoms with Crippen molar-refractivity contribution in [2.24, 2.45) is 0 Å². The first kappa shape index (κ1) is 13.1. The fourth-order valence-electron chi connectivity index (χ4n) is 2.61. The van der Waals surface area contributed by atoms with Crippen LogP contribution < -0.4 is 9.47 Å². The molecule has 0 radical (unpaired) electrons. The van der Waals surface area contributed by atoms with Crippen molar-refractivity contribution in [2.75, 3.05) is 14.2 Å². The molecule has 112 valence electrons. The van der Waals surface area contributed by atoms with Gasteiger partial charge in [0.2, 0.25) is 0 Å². The third-order valence-corrected chi connectivity index (χ3v) is 4.01. The third kappa shape index (κ3) is 2.09. The summed E-state index contributed by atoms with van der Waals surface area (Å²) in [5, 5.41) is 4.70. The maximum absolute atomic E-state index is 5.42. The summed E-state index contributed by atoms with van der Waals surface area (Å²) in [5.74, 6) is 3.01. The van der Waals surface area contributed by atoms with Gasteiger partial charge in [0.05, 0.1) is 19.9 Å². The lowest BCUT2D eigenvalue weighted by Gasteiger charge is -2.08. The molecule has 1 fully saturated rings. The number of rotatable bonds is 4. The number of benzene rings is 1. The zero-order chi connectivity index (χ0) is 15.1. The van der Waals surface area contributed by atoms with E-state index < -0.39 is 0 Å². The lowest BCUT2D eigenvalue weighted by Crippen LogP contribution is -1.97. The lowest BCUT2D eigenvalue weighted by molar-refractivity contribution is 0.415. The normalized spacial score (nSPS) is 14.3. The Labute approximate surface area is 128 Å². The van der Waals surface area contributed by atoms with Crippen LogP contribution in [-0.2, 0) is 0 Å². The molecule has 0 amide bonds. The van der Waals surface area contributed by atoms with Crippen LogP contribution >= 0.6 is 0 Å². The molecule has 0 atom stereocenters. The molecule has 5 heteroatoms. The summed E-state index contributed by atoms with van der Waals surface area (Å²) in [4.78, 5) is 4.67. The number of hydrogen-bond acceptors (Lipinski definition) is 4. The lowest BCUT2D eigenvalue weighted by atomic mass is 10.1. The first-order valence-electron chi connectivity index (χ1n) is 7.38. The van der Waals surface area contributed by atoms with Crippen LogP contribution in [0.15, 0.2) is 36.4 Å². The predicted molar refractivity (Wildman–Crippen MR) is 83.5 cm³/mol. The molecule has 0 spiro atoms. The Morgan fingerprint density at radius 3 is 2.41 bits per heavy atom. The second-order valence-electron chi connectivity index (χ2n) is 5.50. The minimum Gasteiger partial charge on any atom is -0.497 e. The summed E-state index contributed by atoms with van der Waals surface area (Å²) in [6.07, 6.45) is 2.36. The van der Waals surface area contributed by atoms with Gasteiger partial charge < -0.3 is 9.47 Å². The van der Waals surface area contributed by atoms with Gasteiger partial charge in [-0.15, -0.1) is 0 Å². The Balaban J connectivity index is 1.88. The van der Waals surface area contributed by atoms with Crippen LogP contribution in [0.2, 0.25) is 0 Å². The Kier molecular flexibility index (Phi) is 2.99. The summed E-state index contributed by atoms with van der Waals surface area (Å²) in [7, 11) is 3.33. The Hall–Kier alpha value is -2.56. The Morgan fingerprint density at radius 2 is 1.77 bits per heavy atom. The molecular weight excluding hydrogens is 278 g/mol. The van der Waals surface area contributed by atoms with E-state index in [1.54, 1.807) is 14.2 Å². The zero-order valence-corrected chi connectivity index (χ0v) is 12.6. The van der Waals surface area contributed by atoms with E-state index in [1.165, 1.54) is 12.8 Å².